The number of ketones is 1. The summed E-state index contributed by atoms with van der Waals surface area (Å²) in [4.78, 5) is 23.5. The Morgan fingerprint density at radius 1 is 1.16 bits per heavy atom. The molecule has 32 heavy (non-hydrogen) atoms. The number of phenolic OH excluding ortho intramolecular Hbond substituents is 1. The largest absolute Gasteiger partial charge is 0.507 e. The molecule has 1 aliphatic rings. The summed E-state index contributed by atoms with van der Waals surface area (Å²) < 4.78 is 27.9. The summed E-state index contributed by atoms with van der Waals surface area (Å²) in [6.45, 7) is 0.748. The number of halogens is 1. The summed E-state index contributed by atoms with van der Waals surface area (Å²) in [5.41, 5.74) is -0.466. The van der Waals surface area contributed by atoms with Crippen LogP contribution in [-0.4, -0.2) is 51.4 Å². The number of rotatable bonds is 6. The number of aromatic hydroxyl groups is 1. The average Bonchev–Trinajstić information content (AvgIpc) is 3.47. The third kappa shape index (κ3) is 3.97. The first-order chi connectivity index (χ1) is 15.2. The molecule has 0 aliphatic carbocycles. The highest BCUT2D eigenvalue weighted by Gasteiger charge is 2.30. The van der Waals surface area contributed by atoms with Crippen LogP contribution < -0.4 is 0 Å². The smallest absolute Gasteiger partial charge is 0.296 e. The Labute approximate surface area is 187 Å². The molecule has 10 nitrogen and oxygen atoms in total. The number of nitrogens with zero attached hydrogens (tertiary/aromatic N) is 4. The minimum absolute atomic E-state index is 0.00950. The van der Waals surface area contributed by atoms with Gasteiger partial charge in [0.25, 0.3) is 5.69 Å². The van der Waals surface area contributed by atoms with Crippen molar-refractivity contribution in [2.24, 2.45) is 0 Å². The first-order valence-electron chi connectivity index (χ1n) is 9.55. The maximum Gasteiger partial charge on any atom is 0.296 e. The first-order valence-corrected chi connectivity index (χ1v) is 11.4. The number of carbonyl (C=O) groups is 1. The summed E-state index contributed by atoms with van der Waals surface area (Å²) in [7, 11) is -3.84. The van der Waals surface area contributed by atoms with Gasteiger partial charge in [0.05, 0.1) is 27.1 Å². The second-order valence-corrected chi connectivity index (χ2v) is 9.56. The fourth-order valence-corrected chi connectivity index (χ4v) is 5.21. The van der Waals surface area contributed by atoms with E-state index in [1.165, 1.54) is 47.0 Å². The number of carbonyl (C=O) groups excluding carboxylic acids is 1. The summed E-state index contributed by atoms with van der Waals surface area (Å²) >= 11 is 5.89. The lowest BCUT2D eigenvalue weighted by atomic mass is 10.1. The van der Waals surface area contributed by atoms with Gasteiger partial charge < -0.3 is 5.11 Å². The van der Waals surface area contributed by atoms with Gasteiger partial charge in [0.15, 0.2) is 5.78 Å². The Hall–Kier alpha value is -3.28. The van der Waals surface area contributed by atoms with Crippen molar-refractivity contribution < 1.29 is 23.2 Å². The molecule has 166 valence electrons. The van der Waals surface area contributed by atoms with Crippen LogP contribution in [0.1, 0.15) is 28.8 Å². The van der Waals surface area contributed by atoms with Crippen molar-refractivity contribution in [3.8, 4) is 11.4 Å². The summed E-state index contributed by atoms with van der Waals surface area (Å²) in [5, 5.41) is 25.9. The van der Waals surface area contributed by atoms with Crippen molar-refractivity contribution in [2.75, 3.05) is 13.1 Å². The molecule has 1 saturated heterocycles. The van der Waals surface area contributed by atoms with Crippen LogP contribution in [0.25, 0.3) is 5.69 Å². The van der Waals surface area contributed by atoms with E-state index in [0.717, 1.165) is 23.6 Å². The van der Waals surface area contributed by atoms with E-state index in [-0.39, 0.29) is 32.5 Å². The Bertz CT molecular complexity index is 1330. The van der Waals surface area contributed by atoms with E-state index in [1.54, 1.807) is 0 Å². The predicted molar refractivity (Wildman–Crippen MR) is 115 cm³/mol. The molecule has 2 aromatic carbocycles. The van der Waals surface area contributed by atoms with E-state index in [1.807, 2.05) is 0 Å². The fraction of sp³-hybridized carbons (Fsp3) is 0.200. The number of sulfonamides is 1. The van der Waals surface area contributed by atoms with E-state index in [9.17, 15) is 28.4 Å². The van der Waals surface area contributed by atoms with Crippen LogP contribution in [0.15, 0.2) is 53.7 Å². The van der Waals surface area contributed by atoms with Gasteiger partial charge in [-0.2, -0.15) is 9.40 Å². The molecule has 12 heteroatoms. The van der Waals surface area contributed by atoms with Crippen molar-refractivity contribution in [2.45, 2.75) is 17.7 Å². The zero-order chi connectivity index (χ0) is 23.0. The molecule has 0 spiro atoms. The normalized spacial score (nSPS) is 14.5. The predicted octanol–water partition coefficient (Wildman–Crippen LogP) is 3.16. The summed E-state index contributed by atoms with van der Waals surface area (Å²) in [5.74, 6) is -0.846. The van der Waals surface area contributed by atoms with Crippen LogP contribution in [0.5, 0.6) is 5.75 Å². The van der Waals surface area contributed by atoms with Gasteiger partial charge in [-0.05, 0) is 43.2 Å². The molecular formula is C20H17ClN4O6S. The second-order valence-electron chi connectivity index (χ2n) is 7.18. The fourth-order valence-electron chi connectivity index (χ4n) is 3.50. The maximum absolute atomic E-state index is 12.8. The molecule has 1 aliphatic heterocycles. The molecule has 3 aromatic rings. The number of benzene rings is 2. The van der Waals surface area contributed by atoms with Crippen LogP contribution in [0.3, 0.4) is 0 Å². The molecule has 4 rings (SSSR count). The summed E-state index contributed by atoms with van der Waals surface area (Å²) in [6, 6.07) is 7.57. The number of nitro benzene ring substituents is 1. The van der Waals surface area contributed by atoms with Gasteiger partial charge in [-0.25, -0.2) is 13.1 Å². The molecule has 1 N–H and O–H groups in total. The molecule has 2 heterocycles. The number of hydrogen-bond donors (Lipinski definition) is 1. The highest BCUT2D eigenvalue weighted by molar-refractivity contribution is 7.89. The van der Waals surface area contributed by atoms with Gasteiger partial charge in [-0.15, -0.1) is 0 Å². The van der Waals surface area contributed by atoms with Crippen LogP contribution in [0.4, 0.5) is 5.69 Å². The van der Waals surface area contributed by atoms with Crippen LogP contribution >= 0.6 is 11.6 Å². The molecule has 0 unspecified atom stereocenters. The van der Waals surface area contributed by atoms with Gasteiger partial charge in [-0.1, -0.05) is 11.6 Å². The van der Waals surface area contributed by atoms with E-state index in [2.05, 4.69) is 5.10 Å². The minimum Gasteiger partial charge on any atom is -0.507 e. The molecule has 0 amide bonds. The zero-order valence-corrected chi connectivity index (χ0v) is 18.1. The quantitative estimate of drug-likeness (QED) is 0.328. The number of phenols is 1. The van der Waals surface area contributed by atoms with Crippen LogP contribution in [0, 0.1) is 10.1 Å². The van der Waals surface area contributed by atoms with E-state index < -0.39 is 26.4 Å². The van der Waals surface area contributed by atoms with E-state index in [4.69, 9.17) is 11.6 Å². The Balaban J connectivity index is 1.71. The Kier molecular flexibility index (Phi) is 5.71. The SMILES string of the molecule is O=C(c1cnn(-c2ccc(S(=O)(=O)N3CCCC3)cc2[N+](=O)[O-])c1)c1cc(Cl)ccc1O. The lowest BCUT2D eigenvalue weighted by Gasteiger charge is -2.15. The molecule has 1 aromatic heterocycles. The lowest BCUT2D eigenvalue weighted by molar-refractivity contribution is -0.384. The van der Waals surface area contributed by atoms with Gasteiger partial charge in [0.1, 0.15) is 11.4 Å². The highest BCUT2D eigenvalue weighted by Crippen LogP contribution is 2.30. The third-order valence-electron chi connectivity index (χ3n) is 5.14. The Morgan fingerprint density at radius 2 is 1.88 bits per heavy atom. The maximum atomic E-state index is 12.8. The molecule has 0 saturated carbocycles. The van der Waals surface area contributed by atoms with Gasteiger partial charge in [0, 0.05) is 30.4 Å². The van der Waals surface area contributed by atoms with Gasteiger partial charge in [-0.3, -0.25) is 14.9 Å². The molecule has 0 atom stereocenters. The van der Waals surface area contributed by atoms with Crippen molar-refractivity contribution >= 4 is 33.1 Å². The second kappa shape index (κ2) is 8.34. The average molecular weight is 477 g/mol. The number of hydrogen-bond acceptors (Lipinski definition) is 7. The van der Waals surface area contributed by atoms with E-state index in [0.29, 0.717) is 13.1 Å². The first kappa shape index (κ1) is 21.9. The van der Waals surface area contributed by atoms with Crippen molar-refractivity contribution in [1.29, 1.82) is 0 Å². The summed E-state index contributed by atoms with van der Waals surface area (Å²) in [6.07, 6.45) is 3.94. The Morgan fingerprint density at radius 3 is 2.56 bits per heavy atom. The lowest BCUT2D eigenvalue weighted by Crippen LogP contribution is -2.27. The van der Waals surface area contributed by atoms with Crippen LogP contribution in [0.2, 0.25) is 5.02 Å². The van der Waals surface area contributed by atoms with Crippen molar-refractivity contribution in [3.05, 3.63) is 75.1 Å². The van der Waals surface area contributed by atoms with Gasteiger partial charge >= 0.3 is 0 Å². The number of nitro groups is 1. The molecule has 0 bridgehead atoms. The monoisotopic (exact) mass is 476 g/mol. The highest BCUT2D eigenvalue weighted by atomic mass is 35.5. The minimum atomic E-state index is -3.84. The molecule has 0 radical (unpaired) electrons. The van der Waals surface area contributed by atoms with Crippen molar-refractivity contribution in [3.63, 3.8) is 0 Å². The van der Waals surface area contributed by atoms with Crippen LogP contribution in [-0.2, 0) is 10.0 Å². The van der Waals surface area contributed by atoms with Gasteiger partial charge in [0.2, 0.25) is 10.0 Å². The zero-order valence-electron chi connectivity index (χ0n) is 16.5. The topological polar surface area (TPSA) is 136 Å². The number of aromatic nitrogens is 2. The molecular weight excluding hydrogens is 460 g/mol. The van der Waals surface area contributed by atoms with Crippen molar-refractivity contribution in [1.82, 2.24) is 14.1 Å². The molecule has 1 fully saturated rings. The standard InChI is InChI=1S/C20H17ClN4O6S/c21-14-3-6-19(26)16(9-14)20(27)13-11-22-24(12-13)17-5-4-15(10-18(17)25(28)29)32(30,31)23-7-1-2-8-23/h3-6,9-12,26H,1-2,7-8H2. The van der Waals surface area contributed by atoms with E-state index >= 15 is 0 Å². The third-order valence-corrected chi connectivity index (χ3v) is 7.27.